The smallest absolute Gasteiger partial charge is 0.387 e. The highest BCUT2D eigenvalue weighted by molar-refractivity contribution is 14.0. The average molecular weight is 465 g/mol. The minimum atomic E-state index is -2.86. The molecule has 1 aromatic heterocycles. The van der Waals surface area contributed by atoms with E-state index in [1.807, 2.05) is 20.0 Å². The van der Waals surface area contributed by atoms with Gasteiger partial charge >= 0.3 is 6.61 Å². The van der Waals surface area contributed by atoms with E-state index < -0.39 is 6.61 Å². The van der Waals surface area contributed by atoms with E-state index in [1.165, 1.54) is 6.07 Å². The molecule has 9 heteroatoms. The molecule has 2 rings (SSSR count). The first-order chi connectivity index (χ1) is 11.6. The quantitative estimate of drug-likeness (QED) is 0.375. The Morgan fingerprint density at radius 2 is 2.04 bits per heavy atom. The first-order valence-electron chi connectivity index (χ1n) is 7.62. The molecule has 0 aliphatic rings. The van der Waals surface area contributed by atoms with Gasteiger partial charge in [-0.1, -0.05) is 18.2 Å². The Balaban J connectivity index is 0.00000312. The molecule has 0 amide bonds. The predicted octanol–water partition coefficient (Wildman–Crippen LogP) is 2.89. The van der Waals surface area contributed by atoms with Crippen LogP contribution in [0.4, 0.5) is 8.78 Å². The van der Waals surface area contributed by atoms with Crippen LogP contribution in [0.15, 0.2) is 41.5 Å². The molecular formula is C16H22F2IN5O. The van der Waals surface area contributed by atoms with Crippen molar-refractivity contribution in [2.24, 2.45) is 12.0 Å². The van der Waals surface area contributed by atoms with Crippen molar-refractivity contribution in [1.82, 2.24) is 20.4 Å². The number of ether oxygens (including phenoxy) is 1. The fourth-order valence-electron chi connectivity index (χ4n) is 2.10. The van der Waals surface area contributed by atoms with Crippen molar-refractivity contribution in [3.8, 4) is 5.75 Å². The first kappa shape index (κ1) is 21.1. The topological polar surface area (TPSA) is 63.5 Å². The maximum absolute atomic E-state index is 12.4. The maximum Gasteiger partial charge on any atom is 0.387 e. The highest BCUT2D eigenvalue weighted by atomic mass is 127. The van der Waals surface area contributed by atoms with E-state index >= 15 is 0 Å². The van der Waals surface area contributed by atoms with Gasteiger partial charge in [0, 0.05) is 25.4 Å². The fraction of sp³-hybridized carbons (Fsp3) is 0.375. The van der Waals surface area contributed by atoms with E-state index in [4.69, 9.17) is 0 Å². The molecule has 0 aliphatic heterocycles. The molecule has 0 spiro atoms. The second-order valence-electron chi connectivity index (χ2n) is 4.98. The molecule has 25 heavy (non-hydrogen) atoms. The van der Waals surface area contributed by atoms with E-state index in [0.717, 1.165) is 5.69 Å². The summed E-state index contributed by atoms with van der Waals surface area (Å²) in [6.45, 7) is 0.564. The molecule has 2 aromatic rings. The van der Waals surface area contributed by atoms with E-state index in [-0.39, 0.29) is 36.3 Å². The van der Waals surface area contributed by atoms with Crippen LogP contribution in [-0.2, 0) is 20.1 Å². The van der Waals surface area contributed by atoms with Crippen molar-refractivity contribution >= 4 is 29.9 Å². The van der Waals surface area contributed by atoms with Gasteiger partial charge in [0.1, 0.15) is 5.75 Å². The molecule has 0 aliphatic carbocycles. The summed E-state index contributed by atoms with van der Waals surface area (Å²) in [6, 6.07) is 8.54. The molecule has 0 bridgehead atoms. The summed E-state index contributed by atoms with van der Waals surface area (Å²) >= 11 is 0. The van der Waals surface area contributed by atoms with Crippen LogP contribution >= 0.6 is 24.0 Å². The number of benzene rings is 1. The lowest BCUT2D eigenvalue weighted by Gasteiger charge is -2.13. The number of guanidine groups is 1. The molecule has 1 aromatic carbocycles. The number of alkyl halides is 2. The molecule has 2 N–H and O–H groups in total. The van der Waals surface area contributed by atoms with Crippen molar-refractivity contribution in [3.63, 3.8) is 0 Å². The van der Waals surface area contributed by atoms with Gasteiger partial charge < -0.3 is 15.4 Å². The highest BCUT2D eigenvalue weighted by Gasteiger charge is 2.09. The third-order valence-electron chi connectivity index (χ3n) is 3.30. The fourth-order valence-corrected chi connectivity index (χ4v) is 2.10. The predicted molar refractivity (Wildman–Crippen MR) is 103 cm³/mol. The van der Waals surface area contributed by atoms with Gasteiger partial charge in [0.25, 0.3) is 0 Å². The van der Waals surface area contributed by atoms with Crippen LogP contribution in [0.1, 0.15) is 18.2 Å². The summed E-state index contributed by atoms with van der Waals surface area (Å²) in [5.41, 5.74) is 1.59. The lowest BCUT2D eigenvalue weighted by molar-refractivity contribution is -0.0504. The van der Waals surface area contributed by atoms with Crippen molar-refractivity contribution < 1.29 is 13.5 Å². The standard InChI is InChI=1S/C16H21F2N5O.HI/c1-3-19-16(21-11-13-8-9-22-23(13)2)20-10-12-6-4-5-7-14(12)24-15(17)18;/h4-9,15H,3,10-11H2,1-2H3,(H2,19,20,21);1H. The Kier molecular flexibility index (Phi) is 9.17. The monoisotopic (exact) mass is 465 g/mol. The molecular weight excluding hydrogens is 443 g/mol. The van der Waals surface area contributed by atoms with E-state index in [9.17, 15) is 8.78 Å². The number of aromatic nitrogens is 2. The number of rotatable bonds is 7. The highest BCUT2D eigenvalue weighted by Crippen LogP contribution is 2.20. The Labute approximate surface area is 162 Å². The third-order valence-corrected chi connectivity index (χ3v) is 3.30. The normalized spacial score (nSPS) is 11.2. The van der Waals surface area contributed by atoms with Crippen LogP contribution in [0.5, 0.6) is 5.75 Å². The van der Waals surface area contributed by atoms with E-state index in [1.54, 1.807) is 29.1 Å². The molecule has 138 valence electrons. The SMILES string of the molecule is CCNC(=NCc1ccccc1OC(F)F)NCc1ccnn1C.I. The second-order valence-corrected chi connectivity index (χ2v) is 4.98. The Bertz CT molecular complexity index is 678. The van der Waals surface area contributed by atoms with Gasteiger partial charge in [-0.3, -0.25) is 4.68 Å². The van der Waals surface area contributed by atoms with Crippen molar-refractivity contribution in [2.45, 2.75) is 26.6 Å². The zero-order valence-electron chi connectivity index (χ0n) is 14.1. The number of aliphatic imine (C=N–C) groups is 1. The summed E-state index contributed by atoms with van der Waals surface area (Å²) in [5.74, 6) is 0.726. The minimum absolute atomic E-state index is 0. The Morgan fingerprint density at radius 1 is 1.28 bits per heavy atom. The third kappa shape index (κ3) is 6.85. The molecule has 0 saturated carbocycles. The van der Waals surface area contributed by atoms with Crippen LogP contribution < -0.4 is 15.4 Å². The van der Waals surface area contributed by atoms with Gasteiger partial charge in [-0.05, 0) is 19.1 Å². The van der Waals surface area contributed by atoms with Crippen molar-refractivity contribution in [2.75, 3.05) is 6.54 Å². The van der Waals surface area contributed by atoms with Crippen LogP contribution in [0.25, 0.3) is 0 Å². The van der Waals surface area contributed by atoms with Crippen LogP contribution in [0.3, 0.4) is 0 Å². The number of aryl methyl sites for hydroxylation is 1. The first-order valence-corrected chi connectivity index (χ1v) is 7.62. The number of para-hydroxylation sites is 1. The van der Waals surface area contributed by atoms with Crippen molar-refractivity contribution in [1.29, 1.82) is 0 Å². The number of hydrogen-bond acceptors (Lipinski definition) is 3. The summed E-state index contributed by atoms with van der Waals surface area (Å²) in [7, 11) is 1.86. The average Bonchev–Trinajstić information content (AvgIpc) is 2.96. The van der Waals surface area contributed by atoms with Gasteiger partial charge in [0.15, 0.2) is 5.96 Å². The zero-order valence-corrected chi connectivity index (χ0v) is 16.4. The van der Waals surface area contributed by atoms with Gasteiger partial charge in [-0.15, -0.1) is 24.0 Å². The lowest BCUT2D eigenvalue weighted by Crippen LogP contribution is -2.37. The number of nitrogens with zero attached hydrogens (tertiary/aromatic N) is 3. The van der Waals surface area contributed by atoms with E-state index in [0.29, 0.717) is 24.6 Å². The molecule has 0 fully saturated rings. The Hall–Kier alpha value is -1.91. The summed E-state index contributed by atoms with van der Waals surface area (Å²) in [4.78, 5) is 4.42. The van der Waals surface area contributed by atoms with Crippen molar-refractivity contribution in [3.05, 3.63) is 47.8 Å². The summed E-state index contributed by atoms with van der Waals surface area (Å²) in [6.07, 6.45) is 1.72. The zero-order chi connectivity index (χ0) is 17.4. The van der Waals surface area contributed by atoms with Crippen LogP contribution in [0, 0.1) is 0 Å². The van der Waals surface area contributed by atoms with Crippen LogP contribution in [-0.4, -0.2) is 28.9 Å². The van der Waals surface area contributed by atoms with Crippen LogP contribution in [0.2, 0.25) is 0 Å². The number of nitrogens with one attached hydrogen (secondary N) is 2. The molecule has 6 nitrogen and oxygen atoms in total. The largest absolute Gasteiger partial charge is 0.434 e. The van der Waals surface area contributed by atoms with E-state index in [2.05, 4.69) is 25.5 Å². The maximum atomic E-state index is 12.4. The molecule has 0 unspecified atom stereocenters. The number of halogens is 3. The van der Waals surface area contributed by atoms with Gasteiger partial charge in [-0.2, -0.15) is 13.9 Å². The molecule has 0 saturated heterocycles. The van der Waals surface area contributed by atoms with Gasteiger partial charge in [-0.25, -0.2) is 4.99 Å². The van der Waals surface area contributed by atoms with Gasteiger partial charge in [0.2, 0.25) is 0 Å². The molecule has 0 radical (unpaired) electrons. The Morgan fingerprint density at radius 3 is 2.68 bits per heavy atom. The summed E-state index contributed by atoms with van der Waals surface area (Å²) < 4.78 is 31.2. The van der Waals surface area contributed by atoms with Gasteiger partial charge in [0.05, 0.1) is 18.8 Å². The second kappa shape index (κ2) is 10.9. The number of hydrogen-bond donors (Lipinski definition) is 2. The minimum Gasteiger partial charge on any atom is -0.434 e. The molecule has 1 heterocycles. The lowest BCUT2D eigenvalue weighted by atomic mass is 10.2. The summed E-state index contributed by atoms with van der Waals surface area (Å²) in [5, 5.41) is 10.4. The molecule has 0 atom stereocenters.